The SMILES string of the molecule is CCc1ccccc1CC(=O)NS(=O)(=O)Cc1cccc(C#N)c1. The summed E-state index contributed by atoms with van der Waals surface area (Å²) in [5.74, 6) is -0.906. The summed E-state index contributed by atoms with van der Waals surface area (Å²) in [5, 5.41) is 8.85. The molecular formula is C18H18N2O3S. The van der Waals surface area contributed by atoms with Gasteiger partial charge in [0.1, 0.15) is 0 Å². The summed E-state index contributed by atoms with van der Waals surface area (Å²) in [7, 11) is -3.81. The molecule has 0 fully saturated rings. The van der Waals surface area contributed by atoms with E-state index in [2.05, 4.69) is 4.72 Å². The highest BCUT2D eigenvalue weighted by Gasteiger charge is 2.17. The number of carbonyl (C=O) groups is 1. The van der Waals surface area contributed by atoms with Crippen LogP contribution < -0.4 is 4.72 Å². The third-order valence-corrected chi connectivity index (χ3v) is 4.78. The number of hydrogen-bond donors (Lipinski definition) is 1. The van der Waals surface area contributed by atoms with E-state index in [9.17, 15) is 13.2 Å². The predicted octanol–water partition coefficient (Wildman–Crippen LogP) is 2.31. The molecule has 0 spiro atoms. The molecule has 6 heteroatoms. The molecule has 2 aromatic rings. The fourth-order valence-corrected chi connectivity index (χ4v) is 3.55. The van der Waals surface area contributed by atoms with Crippen molar-refractivity contribution in [1.82, 2.24) is 4.72 Å². The number of nitriles is 1. The van der Waals surface area contributed by atoms with Crippen LogP contribution in [-0.4, -0.2) is 14.3 Å². The fourth-order valence-electron chi connectivity index (χ4n) is 2.44. The summed E-state index contributed by atoms with van der Waals surface area (Å²) >= 11 is 0. The number of aryl methyl sites for hydroxylation is 1. The van der Waals surface area contributed by atoms with Gasteiger partial charge in [0.25, 0.3) is 0 Å². The predicted molar refractivity (Wildman–Crippen MR) is 91.4 cm³/mol. The van der Waals surface area contributed by atoms with Gasteiger partial charge in [-0.25, -0.2) is 8.42 Å². The van der Waals surface area contributed by atoms with Crippen LogP contribution in [0, 0.1) is 11.3 Å². The van der Waals surface area contributed by atoms with Gasteiger partial charge in [0.15, 0.2) is 0 Å². The number of rotatable bonds is 6. The molecule has 2 rings (SSSR count). The number of nitrogens with zero attached hydrogens (tertiary/aromatic N) is 1. The molecule has 0 aromatic heterocycles. The Morgan fingerprint density at radius 2 is 1.83 bits per heavy atom. The van der Waals surface area contributed by atoms with E-state index in [1.165, 1.54) is 6.07 Å². The van der Waals surface area contributed by atoms with E-state index < -0.39 is 15.9 Å². The topological polar surface area (TPSA) is 87.0 Å². The first-order valence-corrected chi connectivity index (χ1v) is 9.18. The minimum absolute atomic E-state index is 0.0154. The second-order valence-electron chi connectivity index (χ2n) is 5.40. The molecule has 0 saturated carbocycles. The van der Waals surface area contributed by atoms with Crippen LogP contribution in [0.4, 0.5) is 0 Å². The largest absolute Gasteiger partial charge is 0.274 e. The van der Waals surface area contributed by atoms with Crippen molar-refractivity contribution >= 4 is 15.9 Å². The number of benzene rings is 2. The maximum atomic E-state index is 12.1. The van der Waals surface area contributed by atoms with E-state index in [1.807, 2.05) is 37.3 Å². The van der Waals surface area contributed by atoms with Crippen LogP contribution in [0.25, 0.3) is 0 Å². The molecule has 1 N–H and O–H groups in total. The van der Waals surface area contributed by atoms with Crippen LogP contribution in [0.3, 0.4) is 0 Å². The van der Waals surface area contributed by atoms with Gasteiger partial charge in [-0.2, -0.15) is 5.26 Å². The van der Waals surface area contributed by atoms with E-state index in [4.69, 9.17) is 5.26 Å². The van der Waals surface area contributed by atoms with Crippen molar-refractivity contribution in [3.63, 3.8) is 0 Å². The monoisotopic (exact) mass is 342 g/mol. The van der Waals surface area contributed by atoms with Gasteiger partial charge in [-0.05, 0) is 35.2 Å². The second kappa shape index (κ2) is 7.75. The van der Waals surface area contributed by atoms with Crippen molar-refractivity contribution in [2.75, 3.05) is 0 Å². The number of hydrogen-bond acceptors (Lipinski definition) is 4. The first kappa shape index (κ1) is 17.7. The van der Waals surface area contributed by atoms with Gasteiger partial charge in [-0.1, -0.05) is 43.3 Å². The number of amides is 1. The fraction of sp³-hybridized carbons (Fsp3) is 0.222. The molecule has 1 amide bonds. The maximum absolute atomic E-state index is 12.1. The van der Waals surface area contributed by atoms with E-state index in [1.54, 1.807) is 18.2 Å². The lowest BCUT2D eigenvalue weighted by molar-refractivity contribution is -0.118. The molecule has 0 aliphatic rings. The van der Waals surface area contributed by atoms with Crippen molar-refractivity contribution < 1.29 is 13.2 Å². The van der Waals surface area contributed by atoms with E-state index in [0.29, 0.717) is 11.1 Å². The summed E-state index contributed by atoms with van der Waals surface area (Å²) in [6.07, 6.45) is 0.790. The first-order chi connectivity index (χ1) is 11.4. The first-order valence-electron chi connectivity index (χ1n) is 7.52. The molecule has 124 valence electrons. The van der Waals surface area contributed by atoms with Crippen molar-refractivity contribution in [3.05, 3.63) is 70.8 Å². The van der Waals surface area contributed by atoms with Gasteiger partial charge in [0.05, 0.1) is 23.8 Å². The normalized spacial score (nSPS) is 10.8. The molecule has 2 aromatic carbocycles. The van der Waals surface area contributed by atoms with Crippen LogP contribution in [0.5, 0.6) is 0 Å². The molecule has 0 saturated heterocycles. The van der Waals surface area contributed by atoms with Crippen LogP contribution in [-0.2, 0) is 33.4 Å². The molecule has 0 heterocycles. The highest BCUT2D eigenvalue weighted by atomic mass is 32.2. The summed E-state index contributed by atoms with van der Waals surface area (Å²) < 4.78 is 26.4. The van der Waals surface area contributed by atoms with Gasteiger partial charge in [-0.3, -0.25) is 9.52 Å². The summed E-state index contributed by atoms with van der Waals surface area (Å²) in [4.78, 5) is 12.1. The Hall–Kier alpha value is -2.65. The van der Waals surface area contributed by atoms with Crippen LogP contribution >= 0.6 is 0 Å². The molecular weight excluding hydrogens is 324 g/mol. The van der Waals surface area contributed by atoms with Crippen molar-refractivity contribution in [1.29, 1.82) is 5.26 Å². The Balaban J connectivity index is 2.05. The third kappa shape index (κ3) is 4.93. The highest BCUT2D eigenvalue weighted by molar-refractivity contribution is 7.89. The van der Waals surface area contributed by atoms with Crippen molar-refractivity contribution in [2.24, 2.45) is 0 Å². The minimum Gasteiger partial charge on any atom is -0.274 e. The van der Waals surface area contributed by atoms with E-state index in [-0.39, 0.29) is 12.2 Å². The average Bonchev–Trinajstić information content (AvgIpc) is 2.54. The van der Waals surface area contributed by atoms with Crippen molar-refractivity contribution in [2.45, 2.75) is 25.5 Å². The lowest BCUT2D eigenvalue weighted by Gasteiger charge is -2.09. The van der Waals surface area contributed by atoms with Gasteiger partial charge in [0, 0.05) is 0 Å². The maximum Gasteiger partial charge on any atom is 0.239 e. The van der Waals surface area contributed by atoms with E-state index >= 15 is 0 Å². The van der Waals surface area contributed by atoms with Crippen molar-refractivity contribution in [3.8, 4) is 6.07 Å². The lowest BCUT2D eigenvalue weighted by atomic mass is 10.0. The van der Waals surface area contributed by atoms with E-state index in [0.717, 1.165) is 17.5 Å². The Bertz CT molecular complexity index is 883. The zero-order chi connectivity index (χ0) is 17.6. The number of nitrogens with one attached hydrogen (secondary N) is 1. The molecule has 0 radical (unpaired) electrons. The Morgan fingerprint density at radius 1 is 1.12 bits per heavy atom. The number of carbonyl (C=O) groups excluding carboxylic acids is 1. The van der Waals surface area contributed by atoms with Crippen LogP contribution in [0.15, 0.2) is 48.5 Å². The summed E-state index contributed by atoms with van der Waals surface area (Å²) in [5.41, 5.74) is 2.68. The summed E-state index contributed by atoms with van der Waals surface area (Å²) in [6, 6.07) is 15.7. The van der Waals surface area contributed by atoms with Gasteiger partial charge >= 0.3 is 0 Å². The minimum atomic E-state index is -3.81. The van der Waals surface area contributed by atoms with Gasteiger partial charge in [0.2, 0.25) is 15.9 Å². The Morgan fingerprint density at radius 3 is 2.50 bits per heavy atom. The smallest absolute Gasteiger partial charge is 0.239 e. The van der Waals surface area contributed by atoms with Gasteiger partial charge in [-0.15, -0.1) is 0 Å². The molecule has 0 bridgehead atoms. The molecule has 0 atom stereocenters. The number of sulfonamides is 1. The molecule has 24 heavy (non-hydrogen) atoms. The lowest BCUT2D eigenvalue weighted by Crippen LogP contribution is -2.33. The van der Waals surface area contributed by atoms with Gasteiger partial charge < -0.3 is 0 Å². The molecule has 5 nitrogen and oxygen atoms in total. The zero-order valence-corrected chi connectivity index (χ0v) is 14.1. The average molecular weight is 342 g/mol. The quantitative estimate of drug-likeness (QED) is 0.873. The molecule has 0 aliphatic heterocycles. The molecule has 0 aliphatic carbocycles. The Kier molecular flexibility index (Phi) is 5.72. The highest BCUT2D eigenvalue weighted by Crippen LogP contribution is 2.11. The van der Waals surface area contributed by atoms with Crippen LogP contribution in [0.1, 0.15) is 29.2 Å². The zero-order valence-electron chi connectivity index (χ0n) is 13.3. The summed E-state index contributed by atoms with van der Waals surface area (Å²) in [6.45, 7) is 1.98. The standard InChI is InChI=1S/C18H18N2O3S/c1-2-16-8-3-4-9-17(16)11-18(21)20-24(22,23)13-15-7-5-6-14(10-15)12-19/h3-10H,2,11,13H2,1H3,(H,20,21). The van der Waals surface area contributed by atoms with Crippen LogP contribution in [0.2, 0.25) is 0 Å². The second-order valence-corrected chi connectivity index (χ2v) is 7.12. The third-order valence-electron chi connectivity index (χ3n) is 3.53. The molecule has 0 unspecified atom stereocenters. The Labute approximate surface area is 142 Å².